The summed E-state index contributed by atoms with van der Waals surface area (Å²) in [6.07, 6.45) is 1.19. The number of halogens is 2. The Morgan fingerprint density at radius 1 is 0.957 bits per heavy atom. The molecule has 0 N–H and O–H groups in total. The molecule has 120 valence electrons. The fraction of sp³-hybridized carbons (Fsp3) is 0.118. The summed E-state index contributed by atoms with van der Waals surface area (Å²) in [6, 6.07) is 13.3. The number of hydrogen-bond donors (Lipinski definition) is 0. The quantitative estimate of drug-likeness (QED) is 0.423. The highest BCUT2D eigenvalue weighted by molar-refractivity contribution is 6.30. The maximum atomic E-state index is 11.9. The zero-order valence-corrected chi connectivity index (χ0v) is 13.8. The highest BCUT2D eigenvalue weighted by Crippen LogP contribution is 2.20. The molecule has 0 bridgehead atoms. The van der Waals surface area contributed by atoms with E-state index in [1.54, 1.807) is 55.5 Å². The lowest BCUT2D eigenvalue weighted by Gasteiger charge is -2.09. The molecule has 0 heterocycles. The molecule has 0 spiro atoms. The molecule has 23 heavy (non-hydrogen) atoms. The van der Waals surface area contributed by atoms with Crippen molar-refractivity contribution in [2.75, 3.05) is 6.61 Å². The summed E-state index contributed by atoms with van der Waals surface area (Å²) in [5.41, 5.74) is 0. The third kappa shape index (κ3) is 5.51. The van der Waals surface area contributed by atoms with Crippen molar-refractivity contribution in [2.24, 2.45) is 0 Å². The lowest BCUT2D eigenvalue weighted by molar-refractivity contribution is -0.141. The third-order valence-electron chi connectivity index (χ3n) is 2.63. The minimum Gasteiger partial charge on any atom is -0.461 e. The number of carbonyl (C=O) groups is 1. The monoisotopic (exact) mass is 352 g/mol. The van der Waals surface area contributed by atoms with Crippen LogP contribution >= 0.6 is 23.2 Å². The molecule has 2 aromatic rings. The molecule has 0 radical (unpaired) electrons. The minimum absolute atomic E-state index is 0.0795. The van der Waals surface area contributed by atoms with Crippen molar-refractivity contribution < 1.29 is 19.0 Å². The van der Waals surface area contributed by atoms with Crippen LogP contribution in [-0.2, 0) is 9.53 Å². The van der Waals surface area contributed by atoms with Gasteiger partial charge in [0.25, 0.3) is 0 Å². The minimum atomic E-state index is -0.628. The Labute approximate surface area is 144 Å². The Bertz CT molecular complexity index is 679. The number of rotatable bonds is 6. The third-order valence-corrected chi connectivity index (χ3v) is 3.14. The van der Waals surface area contributed by atoms with Gasteiger partial charge in [-0.25, -0.2) is 4.79 Å². The van der Waals surface area contributed by atoms with Crippen molar-refractivity contribution in [3.63, 3.8) is 0 Å². The molecule has 0 saturated heterocycles. The van der Waals surface area contributed by atoms with Crippen LogP contribution in [0.2, 0.25) is 10.0 Å². The van der Waals surface area contributed by atoms with Gasteiger partial charge in [-0.2, -0.15) is 0 Å². The summed E-state index contributed by atoms with van der Waals surface area (Å²) in [4.78, 5) is 11.9. The standard InChI is InChI=1S/C17H14Cl2O4/c1-2-21-17(20)16(23-15-9-5-13(19)6-10-15)11-22-14-7-3-12(18)4-8-14/h3-11H,2H2,1H3. The molecule has 2 rings (SSSR count). The fourth-order valence-electron chi connectivity index (χ4n) is 1.58. The highest BCUT2D eigenvalue weighted by Gasteiger charge is 2.14. The van der Waals surface area contributed by atoms with Crippen molar-refractivity contribution in [2.45, 2.75) is 6.92 Å². The predicted molar refractivity (Wildman–Crippen MR) is 88.9 cm³/mol. The van der Waals surface area contributed by atoms with E-state index in [1.807, 2.05) is 0 Å². The first-order chi connectivity index (χ1) is 11.1. The lowest BCUT2D eigenvalue weighted by Crippen LogP contribution is -2.13. The molecule has 0 atom stereocenters. The number of carbonyl (C=O) groups excluding carboxylic acids is 1. The smallest absolute Gasteiger partial charge is 0.377 e. The van der Waals surface area contributed by atoms with E-state index in [1.165, 1.54) is 6.26 Å². The summed E-state index contributed by atoms with van der Waals surface area (Å²) < 4.78 is 15.9. The van der Waals surface area contributed by atoms with Gasteiger partial charge in [-0.3, -0.25) is 0 Å². The molecule has 6 heteroatoms. The van der Waals surface area contributed by atoms with Crippen LogP contribution < -0.4 is 9.47 Å². The van der Waals surface area contributed by atoms with Gasteiger partial charge in [0.2, 0.25) is 5.76 Å². The van der Waals surface area contributed by atoms with E-state index in [0.29, 0.717) is 21.5 Å². The SMILES string of the molecule is CCOC(=O)C(=COc1ccc(Cl)cc1)Oc1ccc(Cl)cc1. The predicted octanol–water partition coefficient (Wildman–Crippen LogP) is 4.86. The first kappa shape index (κ1) is 17.2. The summed E-state index contributed by atoms with van der Waals surface area (Å²) in [6.45, 7) is 1.93. The Balaban J connectivity index is 2.15. The average molecular weight is 353 g/mol. The zero-order chi connectivity index (χ0) is 16.7. The van der Waals surface area contributed by atoms with Gasteiger partial charge in [-0.15, -0.1) is 0 Å². The van der Waals surface area contributed by atoms with Crippen LogP contribution in [0.1, 0.15) is 6.92 Å². The van der Waals surface area contributed by atoms with Crippen molar-refractivity contribution in [3.8, 4) is 11.5 Å². The molecule has 0 aliphatic heterocycles. The molecular formula is C17H14Cl2O4. The van der Waals surface area contributed by atoms with E-state index in [4.69, 9.17) is 37.4 Å². The maximum absolute atomic E-state index is 11.9. The van der Waals surface area contributed by atoms with E-state index in [0.717, 1.165) is 0 Å². The number of hydrogen-bond acceptors (Lipinski definition) is 4. The zero-order valence-electron chi connectivity index (χ0n) is 12.3. The lowest BCUT2D eigenvalue weighted by atomic mass is 10.3. The molecule has 2 aromatic carbocycles. The molecule has 0 aliphatic carbocycles. The van der Waals surface area contributed by atoms with Gasteiger partial charge in [0, 0.05) is 10.0 Å². The first-order valence-electron chi connectivity index (χ1n) is 6.81. The van der Waals surface area contributed by atoms with Crippen LogP contribution in [0, 0.1) is 0 Å². The summed E-state index contributed by atoms with van der Waals surface area (Å²) in [7, 11) is 0. The van der Waals surface area contributed by atoms with Crippen molar-refractivity contribution in [1.29, 1.82) is 0 Å². The van der Waals surface area contributed by atoms with E-state index in [-0.39, 0.29) is 12.4 Å². The van der Waals surface area contributed by atoms with Gasteiger partial charge >= 0.3 is 5.97 Å². The number of benzene rings is 2. The van der Waals surface area contributed by atoms with Crippen molar-refractivity contribution in [3.05, 3.63) is 70.6 Å². The summed E-state index contributed by atoms with van der Waals surface area (Å²) >= 11 is 11.6. The van der Waals surface area contributed by atoms with Crippen LogP contribution in [0.25, 0.3) is 0 Å². The van der Waals surface area contributed by atoms with Gasteiger partial charge in [-0.05, 0) is 55.5 Å². The molecule has 0 aromatic heterocycles. The van der Waals surface area contributed by atoms with Crippen molar-refractivity contribution in [1.82, 2.24) is 0 Å². The molecule has 0 amide bonds. The van der Waals surface area contributed by atoms with Gasteiger partial charge < -0.3 is 14.2 Å². The van der Waals surface area contributed by atoms with E-state index in [2.05, 4.69) is 0 Å². The van der Waals surface area contributed by atoms with Crippen LogP contribution in [0.5, 0.6) is 11.5 Å². The van der Waals surface area contributed by atoms with Gasteiger partial charge in [-0.1, -0.05) is 23.2 Å². The van der Waals surface area contributed by atoms with Gasteiger partial charge in [0.05, 0.1) is 6.61 Å². The topological polar surface area (TPSA) is 44.8 Å². The van der Waals surface area contributed by atoms with E-state index >= 15 is 0 Å². The van der Waals surface area contributed by atoms with Crippen LogP contribution in [-0.4, -0.2) is 12.6 Å². The first-order valence-corrected chi connectivity index (χ1v) is 7.57. The second kappa shape index (κ2) is 8.46. The molecule has 0 saturated carbocycles. The normalized spacial score (nSPS) is 11.0. The van der Waals surface area contributed by atoms with Crippen LogP contribution in [0.15, 0.2) is 60.6 Å². The highest BCUT2D eigenvalue weighted by atomic mass is 35.5. The average Bonchev–Trinajstić information content (AvgIpc) is 2.55. The fourth-order valence-corrected chi connectivity index (χ4v) is 1.83. The molecule has 0 fully saturated rings. The Hall–Kier alpha value is -2.17. The van der Waals surface area contributed by atoms with Gasteiger partial charge in [0.15, 0.2) is 0 Å². The van der Waals surface area contributed by atoms with Gasteiger partial charge in [0.1, 0.15) is 17.8 Å². The summed E-state index contributed by atoms with van der Waals surface area (Å²) in [5, 5.41) is 1.15. The molecule has 4 nitrogen and oxygen atoms in total. The second-order valence-electron chi connectivity index (χ2n) is 4.33. The second-order valence-corrected chi connectivity index (χ2v) is 5.20. The molecule has 0 unspecified atom stereocenters. The maximum Gasteiger partial charge on any atom is 0.377 e. The number of esters is 1. The molecule has 0 aliphatic rings. The van der Waals surface area contributed by atoms with Crippen LogP contribution in [0.4, 0.5) is 0 Å². The molecular weight excluding hydrogens is 339 g/mol. The van der Waals surface area contributed by atoms with E-state index < -0.39 is 5.97 Å². The van der Waals surface area contributed by atoms with E-state index in [9.17, 15) is 4.79 Å². The Kier molecular flexibility index (Phi) is 6.32. The Morgan fingerprint density at radius 2 is 1.48 bits per heavy atom. The number of ether oxygens (including phenoxy) is 3. The summed E-state index contributed by atoms with van der Waals surface area (Å²) in [5.74, 6) is 0.241. The Morgan fingerprint density at radius 3 is 2.00 bits per heavy atom. The van der Waals surface area contributed by atoms with Crippen molar-refractivity contribution >= 4 is 29.2 Å². The van der Waals surface area contributed by atoms with Crippen LogP contribution in [0.3, 0.4) is 0 Å². The largest absolute Gasteiger partial charge is 0.461 e.